The molecule has 1 aliphatic rings. The van der Waals surface area contributed by atoms with Crippen LogP contribution in [0.1, 0.15) is 51.7 Å². The summed E-state index contributed by atoms with van der Waals surface area (Å²) in [6, 6.07) is 55.4. The molecule has 356 valence electrons. The number of nitrogens with zero attached hydrogens (tertiary/aromatic N) is 4. The summed E-state index contributed by atoms with van der Waals surface area (Å²) >= 11 is 0. The smallest absolute Gasteiger partial charge is 0.135 e. The second kappa shape index (κ2) is 18.7. The topological polar surface area (TPSA) is 33.5 Å². The summed E-state index contributed by atoms with van der Waals surface area (Å²) in [5, 5.41) is 2.06. The number of para-hydroxylation sites is 4. The predicted octanol–water partition coefficient (Wildman–Crippen LogP) is 17.0. The molecule has 0 aliphatic carbocycles. The van der Waals surface area contributed by atoms with Gasteiger partial charge in [0, 0.05) is 84.6 Å². The molecule has 0 amide bonds. The van der Waals surface area contributed by atoms with Crippen molar-refractivity contribution in [2.24, 2.45) is 0 Å². The Labute approximate surface area is 424 Å². The molecular formula is C61H45F4N4OPt-3. The van der Waals surface area contributed by atoms with Crippen molar-refractivity contribution in [2.45, 2.75) is 46.0 Å². The third-order valence-corrected chi connectivity index (χ3v) is 12.9. The van der Waals surface area contributed by atoms with Gasteiger partial charge >= 0.3 is 0 Å². The number of aromatic nitrogens is 2. The van der Waals surface area contributed by atoms with E-state index in [-0.39, 0.29) is 43.5 Å². The second-order valence-electron chi connectivity index (χ2n) is 18.9. The number of fused-ring (bicyclic) bond motifs is 4. The Morgan fingerprint density at radius 2 is 1.15 bits per heavy atom. The van der Waals surface area contributed by atoms with Crippen LogP contribution in [0.3, 0.4) is 0 Å². The van der Waals surface area contributed by atoms with Gasteiger partial charge in [0.05, 0.1) is 0 Å². The van der Waals surface area contributed by atoms with Crippen molar-refractivity contribution in [3.63, 3.8) is 0 Å². The molecule has 2 aromatic heterocycles. The van der Waals surface area contributed by atoms with Crippen LogP contribution in [0.5, 0.6) is 11.5 Å². The van der Waals surface area contributed by atoms with E-state index in [0.29, 0.717) is 39.7 Å². The molecule has 0 atom stereocenters. The van der Waals surface area contributed by atoms with Gasteiger partial charge in [-0.25, -0.2) is 22.5 Å². The molecule has 0 saturated heterocycles. The van der Waals surface area contributed by atoms with Gasteiger partial charge in [-0.05, 0) is 99.1 Å². The van der Waals surface area contributed by atoms with E-state index in [1.54, 1.807) is 18.2 Å². The largest absolute Gasteiger partial charge is 0.509 e. The predicted molar refractivity (Wildman–Crippen MR) is 273 cm³/mol. The van der Waals surface area contributed by atoms with Crippen molar-refractivity contribution in [3.8, 4) is 50.7 Å². The van der Waals surface area contributed by atoms with E-state index in [1.807, 2.05) is 83.3 Å². The van der Waals surface area contributed by atoms with Crippen LogP contribution in [-0.2, 0) is 26.5 Å². The van der Waals surface area contributed by atoms with Crippen LogP contribution in [0.4, 0.5) is 40.3 Å². The van der Waals surface area contributed by atoms with Crippen LogP contribution in [0.2, 0.25) is 0 Å². The van der Waals surface area contributed by atoms with Gasteiger partial charge in [-0.1, -0.05) is 113 Å². The number of halogens is 4. The van der Waals surface area contributed by atoms with Crippen LogP contribution in [0, 0.1) is 42.1 Å². The van der Waals surface area contributed by atoms with Crippen molar-refractivity contribution in [1.29, 1.82) is 0 Å². The number of rotatable bonds is 9. The molecule has 0 saturated carbocycles. The van der Waals surface area contributed by atoms with Crippen LogP contribution >= 0.6 is 0 Å². The molecule has 8 aromatic carbocycles. The van der Waals surface area contributed by atoms with E-state index in [0.717, 1.165) is 67.7 Å². The Kier molecular flexibility index (Phi) is 12.4. The summed E-state index contributed by atoms with van der Waals surface area (Å²) in [7, 11) is 0. The minimum absolute atomic E-state index is 0. The molecule has 11 rings (SSSR count). The minimum atomic E-state index is -0.763. The summed E-state index contributed by atoms with van der Waals surface area (Å²) in [5.41, 5.74) is 9.76. The van der Waals surface area contributed by atoms with Gasteiger partial charge in [0.15, 0.2) is 0 Å². The Morgan fingerprint density at radius 3 is 1.82 bits per heavy atom. The number of anilines is 4. The fourth-order valence-electron chi connectivity index (χ4n) is 9.60. The van der Waals surface area contributed by atoms with Crippen molar-refractivity contribution in [2.75, 3.05) is 9.80 Å². The van der Waals surface area contributed by atoms with E-state index < -0.39 is 23.3 Å². The van der Waals surface area contributed by atoms with Gasteiger partial charge in [0.25, 0.3) is 0 Å². The molecule has 3 heterocycles. The molecule has 0 bridgehead atoms. The summed E-state index contributed by atoms with van der Waals surface area (Å²) < 4.78 is 69.0. The van der Waals surface area contributed by atoms with Gasteiger partial charge in [-0.3, -0.25) is 0 Å². The molecule has 71 heavy (non-hydrogen) atoms. The molecule has 5 nitrogen and oxygen atoms in total. The van der Waals surface area contributed by atoms with Crippen molar-refractivity contribution < 1.29 is 43.4 Å². The number of ether oxygens (including phenoxy) is 1. The zero-order valence-corrected chi connectivity index (χ0v) is 41.6. The zero-order valence-electron chi connectivity index (χ0n) is 39.3. The summed E-state index contributed by atoms with van der Waals surface area (Å²) in [5.74, 6) is -1.19. The van der Waals surface area contributed by atoms with Gasteiger partial charge in [-0.15, -0.1) is 53.6 Å². The monoisotopic (exact) mass is 1120 g/mol. The van der Waals surface area contributed by atoms with Crippen LogP contribution < -0.4 is 14.5 Å². The number of hydrogen-bond donors (Lipinski definition) is 0. The molecule has 1 aliphatic heterocycles. The minimum Gasteiger partial charge on any atom is -0.509 e. The fourth-order valence-corrected chi connectivity index (χ4v) is 9.60. The zero-order chi connectivity index (χ0) is 48.4. The number of pyridine rings is 1. The molecular weight excluding hydrogens is 1080 g/mol. The maximum atomic E-state index is 15.0. The van der Waals surface area contributed by atoms with E-state index >= 15 is 17.6 Å². The molecule has 0 radical (unpaired) electrons. The van der Waals surface area contributed by atoms with Gasteiger partial charge < -0.3 is 19.1 Å². The normalized spacial score (nSPS) is 12.5. The fraction of sp³-hybridized carbons (Fsp3) is 0.115. The molecule has 0 spiro atoms. The third-order valence-electron chi connectivity index (χ3n) is 12.9. The first-order valence-corrected chi connectivity index (χ1v) is 23.1. The molecule has 0 N–H and O–H groups in total. The SMILES string of the molecule is CC(C)c1ccccc1-c1cc(Oc2[c-]c3c(cc2)c2ccccc2n3-c2cc(C(C)(C)C)ccn2)[c-]c(N2[CH-]N(c3c(-c4cc(F)cc(F)c4)cccc3-c3cc(F)cc(F)c3)c3ccccc32)c1.[Pt]. The van der Waals surface area contributed by atoms with E-state index in [9.17, 15) is 0 Å². The Morgan fingerprint density at radius 1 is 0.563 bits per heavy atom. The third kappa shape index (κ3) is 8.89. The molecule has 10 heteroatoms. The standard InChI is InChI=1S/C61H45F4N4O.Pt/c1-37(2)49-13-6-7-14-50(49)40-29-46(34-48(30-40)70-47-21-22-54-53-15-8-9-18-55(53)69(58(54)35-47)59-31-41(23-24-66-59)61(3,4)5)67-36-68(57-20-11-10-19-56(57)67)60-51(38-25-42(62)32-43(63)26-38)16-12-17-52(60)39-27-44(64)33-45(65)28-39;/h6-33,36-37H,1-5H3;/q-3;. The van der Waals surface area contributed by atoms with E-state index in [4.69, 9.17) is 9.72 Å². The molecule has 0 fully saturated rings. The summed E-state index contributed by atoms with van der Waals surface area (Å²) in [4.78, 5) is 8.72. The Bertz CT molecular complexity index is 3560. The van der Waals surface area contributed by atoms with E-state index in [2.05, 4.69) is 99.8 Å². The van der Waals surface area contributed by atoms with Crippen molar-refractivity contribution in [3.05, 3.63) is 223 Å². The first-order valence-electron chi connectivity index (χ1n) is 23.1. The average Bonchev–Trinajstić information content (AvgIpc) is 3.89. The van der Waals surface area contributed by atoms with Crippen LogP contribution in [0.15, 0.2) is 170 Å². The Balaban J connectivity index is 0.00000582. The first kappa shape index (κ1) is 47.2. The van der Waals surface area contributed by atoms with Gasteiger partial charge in [0.2, 0.25) is 0 Å². The van der Waals surface area contributed by atoms with Crippen molar-refractivity contribution in [1.82, 2.24) is 9.55 Å². The van der Waals surface area contributed by atoms with Gasteiger partial charge in [-0.2, -0.15) is 6.07 Å². The number of benzene rings is 8. The second-order valence-corrected chi connectivity index (χ2v) is 18.9. The van der Waals surface area contributed by atoms with Gasteiger partial charge in [0.1, 0.15) is 29.1 Å². The summed E-state index contributed by atoms with van der Waals surface area (Å²) in [6.45, 7) is 12.7. The first-order chi connectivity index (χ1) is 33.8. The maximum Gasteiger partial charge on any atom is 0.135 e. The van der Waals surface area contributed by atoms with Crippen molar-refractivity contribution >= 4 is 44.6 Å². The quantitative estimate of drug-likeness (QED) is 0.107. The summed E-state index contributed by atoms with van der Waals surface area (Å²) in [6.07, 6.45) is 1.85. The van der Waals surface area contributed by atoms with Crippen LogP contribution in [0.25, 0.3) is 61.0 Å². The maximum absolute atomic E-state index is 15.0. The molecule has 0 unspecified atom stereocenters. The molecule has 10 aromatic rings. The van der Waals surface area contributed by atoms with Crippen LogP contribution in [-0.4, -0.2) is 9.55 Å². The van der Waals surface area contributed by atoms with E-state index in [1.165, 1.54) is 24.3 Å². The number of hydrogen-bond acceptors (Lipinski definition) is 4. The average molecular weight is 1120 g/mol. The Hall–Kier alpha value is -7.48.